The predicted molar refractivity (Wildman–Crippen MR) is 35.2 cm³/mol. The Kier molecular flexibility index (Phi) is 2.49. The molecule has 0 spiro atoms. The van der Waals surface area contributed by atoms with Crippen LogP contribution in [0.15, 0.2) is 0 Å². The average Bonchev–Trinajstić information content (AvgIpc) is 2.33. The van der Waals surface area contributed by atoms with Gasteiger partial charge >= 0.3 is 0 Å². The summed E-state index contributed by atoms with van der Waals surface area (Å²) in [6, 6.07) is 0. The second-order valence-electron chi connectivity index (χ2n) is 2.65. The van der Waals surface area contributed by atoms with E-state index in [1.54, 1.807) is 7.11 Å². The minimum atomic E-state index is 0.290. The van der Waals surface area contributed by atoms with Gasteiger partial charge in [-0.05, 0) is 12.8 Å². The Morgan fingerprint density at radius 1 is 1.56 bits per heavy atom. The zero-order valence-corrected chi connectivity index (χ0v) is 5.84. The first-order chi connectivity index (χ1) is 4.38. The maximum atomic E-state index is 8.79. The van der Waals surface area contributed by atoms with Gasteiger partial charge in [0.25, 0.3) is 0 Å². The molecule has 54 valence electrons. The monoisotopic (exact) mass is 130 g/mol. The van der Waals surface area contributed by atoms with Crippen LogP contribution in [0.3, 0.4) is 0 Å². The highest BCUT2D eigenvalue weighted by Gasteiger charge is 2.25. The van der Waals surface area contributed by atoms with Crippen LogP contribution in [0.4, 0.5) is 0 Å². The van der Waals surface area contributed by atoms with Gasteiger partial charge in [0.1, 0.15) is 0 Å². The first kappa shape index (κ1) is 7.03. The van der Waals surface area contributed by atoms with E-state index in [0.717, 1.165) is 12.8 Å². The van der Waals surface area contributed by atoms with Crippen molar-refractivity contribution in [3.63, 3.8) is 0 Å². The summed E-state index contributed by atoms with van der Waals surface area (Å²) in [5.41, 5.74) is 0. The molecular formula is C7H14O2. The summed E-state index contributed by atoms with van der Waals surface area (Å²) in [5, 5.41) is 8.79. The molecule has 1 aliphatic rings. The van der Waals surface area contributed by atoms with E-state index >= 15 is 0 Å². The van der Waals surface area contributed by atoms with E-state index in [0.29, 0.717) is 18.6 Å². The third-order valence-electron chi connectivity index (χ3n) is 2.13. The zero-order chi connectivity index (χ0) is 6.69. The number of hydrogen-bond donors (Lipinski definition) is 1. The molecule has 0 bridgehead atoms. The van der Waals surface area contributed by atoms with Gasteiger partial charge in [-0.3, -0.25) is 0 Å². The maximum absolute atomic E-state index is 8.79. The Labute approximate surface area is 55.8 Å². The van der Waals surface area contributed by atoms with Crippen LogP contribution < -0.4 is 0 Å². The first-order valence-corrected chi connectivity index (χ1v) is 3.52. The second kappa shape index (κ2) is 3.18. The number of rotatable bonds is 2. The lowest BCUT2D eigenvalue weighted by Crippen LogP contribution is -2.19. The van der Waals surface area contributed by atoms with Crippen molar-refractivity contribution < 1.29 is 9.84 Å². The highest BCUT2D eigenvalue weighted by molar-refractivity contribution is 4.76. The molecule has 1 rings (SSSR count). The van der Waals surface area contributed by atoms with Crippen LogP contribution in [-0.2, 0) is 4.74 Å². The molecule has 1 N–H and O–H groups in total. The molecule has 2 nitrogen and oxygen atoms in total. The fourth-order valence-electron chi connectivity index (χ4n) is 1.52. The Morgan fingerprint density at radius 2 is 2.33 bits per heavy atom. The van der Waals surface area contributed by atoms with E-state index in [1.807, 2.05) is 0 Å². The van der Waals surface area contributed by atoms with Crippen LogP contribution in [0, 0.1) is 5.92 Å². The maximum Gasteiger partial charge on any atom is 0.0621 e. The Balaban J connectivity index is 2.32. The molecule has 0 aliphatic heterocycles. The van der Waals surface area contributed by atoms with Crippen molar-refractivity contribution in [1.29, 1.82) is 0 Å². The summed E-state index contributed by atoms with van der Waals surface area (Å²) in [5.74, 6) is 0.412. The highest BCUT2D eigenvalue weighted by atomic mass is 16.5. The molecule has 0 aromatic heterocycles. The lowest BCUT2D eigenvalue weighted by atomic mass is 10.1. The predicted octanol–water partition coefficient (Wildman–Crippen LogP) is 0.794. The lowest BCUT2D eigenvalue weighted by Gasteiger charge is -2.14. The van der Waals surface area contributed by atoms with Gasteiger partial charge in [-0.25, -0.2) is 0 Å². The Morgan fingerprint density at radius 3 is 2.78 bits per heavy atom. The molecular weight excluding hydrogens is 116 g/mol. The highest BCUT2D eigenvalue weighted by Crippen LogP contribution is 2.26. The van der Waals surface area contributed by atoms with Gasteiger partial charge < -0.3 is 9.84 Å². The summed E-state index contributed by atoms with van der Waals surface area (Å²) in [4.78, 5) is 0. The van der Waals surface area contributed by atoms with E-state index in [-0.39, 0.29) is 0 Å². The van der Waals surface area contributed by atoms with Crippen LogP contribution in [0.1, 0.15) is 19.3 Å². The number of aliphatic hydroxyl groups is 1. The third-order valence-corrected chi connectivity index (χ3v) is 2.13. The van der Waals surface area contributed by atoms with Crippen LogP contribution in [0.5, 0.6) is 0 Å². The van der Waals surface area contributed by atoms with Gasteiger partial charge in [-0.2, -0.15) is 0 Å². The molecule has 0 aromatic carbocycles. The minimum absolute atomic E-state index is 0.290. The van der Waals surface area contributed by atoms with E-state index in [1.165, 1.54) is 6.42 Å². The van der Waals surface area contributed by atoms with Crippen LogP contribution >= 0.6 is 0 Å². The molecule has 0 saturated heterocycles. The fourth-order valence-corrected chi connectivity index (χ4v) is 1.52. The van der Waals surface area contributed by atoms with E-state index < -0.39 is 0 Å². The van der Waals surface area contributed by atoms with Crippen molar-refractivity contribution in [2.75, 3.05) is 13.7 Å². The summed E-state index contributed by atoms with van der Waals surface area (Å²) in [6.07, 6.45) is 3.80. The largest absolute Gasteiger partial charge is 0.396 e. The molecule has 2 unspecified atom stereocenters. The van der Waals surface area contributed by atoms with Gasteiger partial charge in [0, 0.05) is 19.6 Å². The van der Waals surface area contributed by atoms with Gasteiger partial charge in [0.2, 0.25) is 0 Å². The van der Waals surface area contributed by atoms with E-state index in [2.05, 4.69) is 0 Å². The third kappa shape index (κ3) is 1.43. The number of methoxy groups -OCH3 is 1. The molecule has 0 aromatic rings. The molecule has 0 amide bonds. The molecule has 1 aliphatic carbocycles. The number of ether oxygens (including phenoxy) is 1. The van der Waals surface area contributed by atoms with Crippen molar-refractivity contribution in [2.45, 2.75) is 25.4 Å². The summed E-state index contributed by atoms with van der Waals surface area (Å²) in [7, 11) is 1.72. The summed E-state index contributed by atoms with van der Waals surface area (Å²) >= 11 is 0. The van der Waals surface area contributed by atoms with Crippen LogP contribution in [0.25, 0.3) is 0 Å². The molecule has 1 saturated carbocycles. The number of hydrogen-bond acceptors (Lipinski definition) is 2. The van der Waals surface area contributed by atoms with E-state index in [9.17, 15) is 0 Å². The fraction of sp³-hybridized carbons (Fsp3) is 1.00. The molecule has 9 heavy (non-hydrogen) atoms. The van der Waals surface area contributed by atoms with Crippen molar-refractivity contribution in [2.24, 2.45) is 5.92 Å². The quantitative estimate of drug-likeness (QED) is 0.599. The molecule has 0 heterocycles. The minimum Gasteiger partial charge on any atom is -0.396 e. The van der Waals surface area contributed by atoms with Crippen molar-refractivity contribution in [3.8, 4) is 0 Å². The van der Waals surface area contributed by atoms with Crippen LogP contribution in [0.2, 0.25) is 0 Å². The van der Waals surface area contributed by atoms with Gasteiger partial charge in [-0.1, -0.05) is 6.42 Å². The van der Waals surface area contributed by atoms with Gasteiger partial charge in [0.05, 0.1) is 6.10 Å². The smallest absolute Gasteiger partial charge is 0.0621 e. The molecule has 1 fully saturated rings. The Hall–Kier alpha value is -0.0800. The summed E-state index contributed by atoms with van der Waals surface area (Å²) in [6.45, 7) is 0.290. The van der Waals surface area contributed by atoms with Crippen molar-refractivity contribution in [1.82, 2.24) is 0 Å². The normalized spacial score (nSPS) is 35.3. The topological polar surface area (TPSA) is 29.5 Å². The SMILES string of the molecule is COC1CCCC1CO. The average molecular weight is 130 g/mol. The second-order valence-corrected chi connectivity index (χ2v) is 2.65. The Bertz CT molecular complexity index is 73.0. The first-order valence-electron chi connectivity index (χ1n) is 3.52. The lowest BCUT2D eigenvalue weighted by molar-refractivity contribution is 0.0461. The molecule has 2 atom stereocenters. The van der Waals surface area contributed by atoms with Gasteiger partial charge in [0.15, 0.2) is 0 Å². The standard InChI is InChI=1S/C7H14O2/c1-9-7-4-2-3-6(7)5-8/h6-8H,2-5H2,1H3. The van der Waals surface area contributed by atoms with Crippen molar-refractivity contribution in [3.05, 3.63) is 0 Å². The zero-order valence-electron chi connectivity index (χ0n) is 5.84. The number of aliphatic hydroxyl groups excluding tert-OH is 1. The van der Waals surface area contributed by atoms with Gasteiger partial charge in [-0.15, -0.1) is 0 Å². The molecule has 0 radical (unpaired) electrons. The van der Waals surface area contributed by atoms with Crippen LogP contribution in [-0.4, -0.2) is 24.9 Å². The molecule has 2 heteroatoms. The summed E-state index contributed by atoms with van der Waals surface area (Å²) < 4.78 is 5.15. The van der Waals surface area contributed by atoms with Crippen molar-refractivity contribution >= 4 is 0 Å². The van der Waals surface area contributed by atoms with E-state index in [4.69, 9.17) is 9.84 Å².